The molecular formula is C20H34ClIN4O. The number of halogens is 2. The number of benzene rings is 1. The van der Waals surface area contributed by atoms with Crippen molar-refractivity contribution in [3.63, 3.8) is 0 Å². The Balaban J connectivity index is 0.00000364. The average molecular weight is 509 g/mol. The zero-order valence-electron chi connectivity index (χ0n) is 16.9. The topological polar surface area (TPSA) is 40.1 Å². The summed E-state index contributed by atoms with van der Waals surface area (Å²) >= 11 is 6.03. The van der Waals surface area contributed by atoms with E-state index in [2.05, 4.69) is 55.2 Å². The van der Waals surface area contributed by atoms with Crippen molar-refractivity contribution >= 4 is 41.5 Å². The molecule has 0 aromatic heterocycles. The van der Waals surface area contributed by atoms with Crippen LogP contribution in [-0.2, 0) is 4.74 Å². The van der Waals surface area contributed by atoms with Crippen molar-refractivity contribution in [3.05, 3.63) is 34.9 Å². The Labute approximate surface area is 186 Å². The van der Waals surface area contributed by atoms with Gasteiger partial charge in [-0.15, -0.1) is 24.0 Å². The van der Waals surface area contributed by atoms with Gasteiger partial charge in [0.25, 0.3) is 0 Å². The predicted octanol–water partition coefficient (Wildman–Crippen LogP) is 4.03. The van der Waals surface area contributed by atoms with Crippen LogP contribution in [0.15, 0.2) is 29.3 Å². The molecule has 1 saturated heterocycles. The Kier molecular flexibility index (Phi) is 11.6. The van der Waals surface area contributed by atoms with Gasteiger partial charge in [-0.1, -0.05) is 23.7 Å². The van der Waals surface area contributed by atoms with Crippen LogP contribution in [0.4, 0.5) is 0 Å². The minimum absolute atomic E-state index is 0. The molecule has 1 fully saturated rings. The minimum Gasteiger partial charge on any atom is -0.378 e. The van der Waals surface area contributed by atoms with Gasteiger partial charge in [0.2, 0.25) is 0 Å². The average Bonchev–Trinajstić information content (AvgIpc) is 2.63. The molecule has 5 nitrogen and oxygen atoms in total. The van der Waals surface area contributed by atoms with Gasteiger partial charge in [-0.2, -0.15) is 0 Å². The number of hydrogen-bond donors (Lipinski definition) is 1. The maximum atomic E-state index is 6.03. The highest BCUT2D eigenvalue weighted by Gasteiger charge is 2.22. The highest BCUT2D eigenvalue weighted by molar-refractivity contribution is 14.0. The lowest BCUT2D eigenvalue weighted by atomic mass is 10.1. The fourth-order valence-corrected chi connectivity index (χ4v) is 3.45. The highest BCUT2D eigenvalue weighted by atomic mass is 127. The van der Waals surface area contributed by atoms with Crippen molar-refractivity contribution < 1.29 is 4.74 Å². The zero-order chi connectivity index (χ0) is 18.9. The largest absolute Gasteiger partial charge is 0.378 e. The quantitative estimate of drug-likeness (QED) is 0.343. The van der Waals surface area contributed by atoms with Crippen LogP contribution in [-0.4, -0.2) is 68.7 Å². The summed E-state index contributed by atoms with van der Waals surface area (Å²) in [5.74, 6) is 1.00. The van der Waals surface area contributed by atoms with Gasteiger partial charge in [0.1, 0.15) is 0 Å². The molecule has 0 radical (unpaired) electrons. The third kappa shape index (κ3) is 7.75. The summed E-state index contributed by atoms with van der Waals surface area (Å²) in [6, 6.07) is 8.29. The first-order chi connectivity index (χ1) is 12.5. The van der Waals surface area contributed by atoms with Crippen LogP contribution >= 0.6 is 35.6 Å². The van der Waals surface area contributed by atoms with Crippen LogP contribution in [0.25, 0.3) is 0 Å². The van der Waals surface area contributed by atoms with Crippen molar-refractivity contribution in [2.24, 2.45) is 4.99 Å². The molecular weight excluding hydrogens is 475 g/mol. The highest BCUT2D eigenvalue weighted by Crippen LogP contribution is 2.21. The maximum Gasteiger partial charge on any atom is 0.193 e. The molecule has 1 aliphatic rings. The number of nitrogens with zero attached hydrogens (tertiary/aromatic N) is 3. The van der Waals surface area contributed by atoms with Crippen LogP contribution in [0.5, 0.6) is 0 Å². The Morgan fingerprint density at radius 2 is 1.89 bits per heavy atom. The molecule has 1 atom stereocenters. The molecule has 1 unspecified atom stereocenters. The van der Waals surface area contributed by atoms with Crippen LogP contribution in [0.2, 0.25) is 5.02 Å². The molecule has 0 amide bonds. The first-order valence-electron chi connectivity index (χ1n) is 9.61. The van der Waals surface area contributed by atoms with Crippen LogP contribution in [0, 0.1) is 0 Å². The molecule has 0 saturated carbocycles. The van der Waals surface area contributed by atoms with E-state index in [4.69, 9.17) is 21.3 Å². The molecule has 27 heavy (non-hydrogen) atoms. The molecule has 1 heterocycles. The zero-order valence-corrected chi connectivity index (χ0v) is 20.0. The van der Waals surface area contributed by atoms with E-state index in [-0.39, 0.29) is 30.0 Å². The van der Waals surface area contributed by atoms with Crippen molar-refractivity contribution in [2.75, 3.05) is 46.9 Å². The molecule has 154 valence electrons. The normalized spacial score (nSPS) is 17.0. The number of likely N-dealkylation sites (N-methyl/N-ethyl adjacent to an activating group) is 1. The summed E-state index contributed by atoms with van der Waals surface area (Å²) in [4.78, 5) is 9.51. The fraction of sp³-hybridized carbons (Fsp3) is 0.650. The standard InChI is InChI=1S/C20H33ClN4O.HI/c1-5-22-20(25-13-11-18(12-14-25)26-6-2)23-15-19(24(3)4)16-7-9-17(21)10-8-16;/h7-10,18-19H,5-6,11-15H2,1-4H3,(H,22,23);1H. The molecule has 2 rings (SSSR count). The Morgan fingerprint density at radius 3 is 2.41 bits per heavy atom. The Bertz CT molecular complexity index is 560. The number of aliphatic imine (C=N–C) groups is 1. The van der Waals surface area contributed by atoms with Gasteiger partial charge in [0.05, 0.1) is 18.7 Å². The Morgan fingerprint density at radius 1 is 1.26 bits per heavy atom. The van der Waals surface area contributed by atoms with E-state index in [9.17, 15) is 0 Å². The molecule has 1 aromatic rings. The van der Waals surface area contributed by atoms with E-state index >= 15 is 0 Å². The second-order valence-electron chi connectivity index (χ2n) is 6.87. The van der Waals surface area contributed by atoms with Crippen molar-refractivity contribution in [2.45, 2.75) is 38.8 Å². The maximum absolute atomic E-state index is 6.03. The molecule has 1 aromatic carbocycles. The predicted molar refractivity (Wildman–Crippen MR) is 125 cm³/mol. The van der Waals surface area contributed by atoms with Gasteiger partial charge in [0, 0.05) is 31.3 Å². The monoisotopic (exact) mass is 508 g/mol. The van der Waals surface area contributed by atoms with E-state index in [1.54, 1.807) is 0 Å². The van der Waals surface area contributed by atoms with E-state index in [1.807, 2.05) is 12.1 Å². The summed E-state index contributed by atoms with van der Waals surface area (Å²) in [5, 5.41) is 4.21. The van der Waals surface area contributed by atoms with E-state index in [1.165, 1.54) is 5.56 Å². The van der Waals surface area contributed by atoms with Gasteiger partial charge in [-0.05, 0) is 58.5 Å². The van der Waals surface area contributed by atoms with Gasteiger partial charge < -0.3 is 19.9 Å². The number of hydrogen-bond acceptors (Lipinski definition) is 3. The first kappa shape index (κ1) is 24.5. The van der Waals surface area contributed by atoms with Crippen LogP contribution in [0.3, 0.4) is 0 Å². The molecule has 0 bridgehead atoms. The first-order valence-corrected chi connectivity index (χ1v) is 9.99. The third-order valence-corrected chi connectivity index (χ3v) is 5.02. The molecule has 0 spiro atoms. The molecule has 1 aliphatic heterocycles. The summed E-state index contributed by atoms with van der Waals surface area (Å²) in [5.41, 5.74) is 1.23. The van der Waals surface area contributed by atoms with Gasteiger partial charge >= 0.3 is 0 Å². The number of rotatable bonds is 7. The fourth-order valence-electron chi connectivity index (χ4n) is 3.32. The lowest BCUT2D eigenvalue weighted by Crippen LogP contribution is -2.47. The van der Waals surface area contributed by atoms with E-state index in [0.29, 0.717) is 12.6 Å². The van der Waals surface area contributed by atoms with Gasteiger partial charge in [-0.3, -0.25) is 4.99 Å². The number of piperidine rings is 1. The summed E-state index contributed by atoms with van der Waals surface area (Å²) in [6.07, 6.45) is 2.52. The van der Waals surface area contributed by atoms with Crippen LogP contribution < -0.4 is 5.32 Å². The van der Waals surface area contributed by atoms with Gasteiger partial charge in [0.15, 0.2) is 5.96 Å². The number of likely N-dealkylation sites (tertiary alicyclic amines) is 1. The van der Waals surface area contributed by atoms with Crippen molar-refractivity contribution in [1.29, 1.82) is 0 Å². The molecule has 7 heteroatoms. The lowest BCUT2D eigenvalue weighted by Gasteiger charge is -2.34. The van der Waals surface area contributed by atoms with E-state index in [0.717, 1.165) is 50.1 Å². The Hall–Kier alpha value is -0.570. The summed E-state index contributed by atoms with van der Waals surface area (Å²) in [7, 11) is 4.19. The molecule has 1 N–H and O–H groups in total. The van der Waals surface area contributed by atoms with Crippen molar-refractivity contribution in [3.8, 4) is 0 Å². The van der Waals surface area contributed by atoms with Crippen molar-refractivity contribution in [1.82, 2.24) is 15.1 Å². The van der Waals surface area contributed by atoms with Gasteiger partial charge in [-0.25, -0.2) is 0 Å². The number of ether oxygens (including phenoxy) is 1. The number of nitrogens with one attached hydrogen (secondary N) is 1. The smallest absolute Gasteiger partial charge is 0.193 e. The summed E-state index contributed by atoms with van der Waals surface area (Å²) in [6.45, 7) is 8.54. The number of guanidine groups is 1. The minimum atomic E-state index is 0. The van der Waals surface area contributed by atoms with Crippen LogP contribution in [0.1, 0.15) is 38.3 Å². The van der Waals surface area contributed by atoms with E-state index < -0.39 is 0 Å². The lowest BCUT2D eigenvalue weighted by molar-refractivity contribution is 0.0263. The molecule has 0 aliphatic carbocycles. The second kappa shape index (κ2) is 12.8. The summed E-state index contributed by atoms with van der Waals surface area (Å²) < 4.78 is 5.76. The second-order valence-corrected chi connectivity index (χ2v) is 7.30. The third-order valence-electron chi connectivity index (χ3n) is 4.77. The SMILES string of the molecule is CCNC(=NCC(c1ccc(Cl)cc1)N(C)C)N1CCC(OCC)CC1.I.